The summed E-state index contributed by atoms with van der Waals surface area (Å²) in [7, 11) is 0. The summed E-state index contributed by atoms with van der Waals surface area (Å²) in [6.45, 7) is 5.78. The number of thioether (sulfide) groups is 1. The lowest BCUT2D eigenvalue weighted by Crippen LogP contribution is -2.47. The van der Waals surface area contributed by atoms with E-state index in [1.165, 1.54) is 11.3 Å². The van der Waals surface area contributed by atoms with E-state index >= 15 is 0 Å². The van der Waals surface area contributed by atoms with Gasteiger partial charge in [0.05, 0.1) is 5.56 Å². The Morgan fingerprint density at radius 2 is 2.00 bits per heavy atom. The van der Waals surface area contributed by atoms with E-state index in [-0.39, 0.29) is 17.7 Å². The minimum absolute atomic E-state index is 0.0798. The van der Waals surface area contributed by atoms with Gasteiger partial charge < -0.3 is 5.32 Å². The summed E-state index contributed by atoms with van der Waals surface area (Å²) >= 11 is 6.24. The molecule has 0 radical (unpaired) electrons. The first-order valence-electron chi connectivity index (χ1n) is 7.75. The van der Waals surface area contributed by atoms with E-state index in [0.29, 0.717) is 15.2 Å². The number of anilines is 1. The molecule has 0 spiro atoms. The number of aromatic nitrogens is 2. The first kappa shape index (κ1) is 19.9. The highest BCUT2D eigenvalue weighted by molar-refractivity contribution is 9.10. The molecule has 134 valence electrons. The number of halogens is 1. The zero-order valence-corrected chi connectivity index (χ0v) is 17.3. The second kappa shape index (κ2) is 9.30. The van der Waals surface area contributed by atoms with Gasteiger partial charge in [-0.2, -0.15) is 0 Å². The molecular formula is C16H19BrN4O2S2. The van der Waals surface area contributed by atoms with Gasteiger partial charge in [0.25, 0.3) is 5.91 Å². The van der Waals surface area contributed by atoms with E-state index in [9.17, 15) is 9.59 Å². The van der Waals surface area contributed by atoms with Gasteiger partial charge in [0.1, 0.15) is 6.04 Å². The molecule has 2 N–H and O–H groups in total. The molecule has 0 saturated heterocycles. The summed E-state index contributed by atoms with van der Waals surface area (Å²) in [6.07, 6.45) is 0. The highest BCUT2D eigenvalue weighted by atomic mass is 79.9. The normalized spacial score (nSPS) is 12.0. The number of amides is 2. The fourth-order valence-corrected chi connectivity index (χ4v) is 4.14. The minimum atomic E-state index is -0.675. The van der Waals surface area contributed by atoms with Crippen LogP contribution in [0.4, 0.5) is 5.13 Å². The maximum absolute atomic E-state index is 12.6. The zero-order valence-electron chi connectivity index (χ0n) is 14.1. The van der Waals surface area contributed by atoms with Crippen molar-refractivity contribution in [2.45, 2.75) is 31.2 Å². The number of rotatable bonds is 7. The molecule has 0 bridgehead atoms. The molecule has 6 nitrogen and oxygen atoms in total. The van der Waals surface area contributed by atoms with Gasteiger partial charge in [0.15, 0.2) is 4.34 Å². The molecule has 1 aromatic carbocycles. The van der Waals surface area contributed by atoms with Gasteiger partial charge in [-0.25, -0.2) is 0 Å². The summed E-state index contributed by atoms with van der Waals surface area (Å²) in [5, 5.41) is 13.9. The summed E-state index contributed by atoms with van der Waals surface area (Å²) in [5.41, 5.74) is 0.485. The molecular weight excluding hydrogens is 424 g/mol. The quantitative estimate of drug-likeness (QED) is 0.502. The Morgan fingerprint density at radius 3 is 2.64 bits per heavy atom. The lowest BCUT2D eigenvalue weighted by molar-refractivity contribution is -0.118. The van der Waals surface area contributed by atoms with Gasteiger partial charge in [-0.1, -0.05) is 56.0 Å². The van der Waals surface area contributed by atoms with Crippen LogP contribution >= 0.6 is 39.0 Å². The van der Waals surface area contributed by atoms with Crippen molar-refractivity contribution in [3.05, 3.63) is 34.3 Å². The van der Waals surface area contributed by atoms with Crippen molar-refractivity contribution in [1.29, 1.82) is 0 Å². The van der Waals surface area contributed by atoms with Crippen molar-refractivity contribution < 1.29 is 9.59 Å². The topological polar surface area (TPSA) is 84.0 Å². The van der Waals surface area contributed by atoms with Crippen molar-refractivity contribution in [2.24, 2.45) is 5.92 Å². The molecule has 9 heteroatoms. The van der Waals surface area contributed by atoms with Crippen LogP contribution in [0.15, 0.2) is 33.1 Å². The Balaban J connectivity index is 2.07. The summed E-state index contributed by atoms with van der Waals surface area (Å²) in [6, 6.07) is 6.42. The van der Waals surface area contributed by atoms with Crippen LogP contribution in [0.2, 0.25) is 0 Å². The van der Waals surface area contributed by atoms with Crippen molar-refractivity contribution in [3.8, 4) is 0 Å². The molecule has 2 aromatic rings. The number of nitrogens with zero attached hydrogens (tertiary/aromatic N) is 2. The van der Waals surface area contributed by atoms with E-state index in [0.717, 1.165) is 10.1 Å². The first-order valence-corrected chi connectivity index (χ1v) is 10.3. The number of benzene rings is 1. The molecule has 0 aliphatic heterocycles. The van der Waals surface area contributed by atoms with E-state index in [4.69, 9.17) is 0 Å². The second-order valence-electron chi connectivity index (χ2n) is 5.47. The summed E-state index contributed by atoms with van der Waals surface area (Å²) in [4.78, 5) is 25.0. The average Bonchev–Trinajstić information content (AvgIpc) is 2.99. The number of hydrogen-bond donors (Lipinski definition) is 2. The first-order chi connectivity index (χ1) is 11.9. The third-order valence-electron chi connectivity index (χ3n) is 3.26. The molecule has 1 aromatic heterocycles. The largest absolute Gasteiger partial charge is 0.340 e. The highest BCUT2D eigenvalue weighted by Crippen LogP contribution is 2.25. The molecule has 1 atom stereocenters. The smallest absolute Gasteiger partial charge is 0.253 e. The standard InChI is InChI=1S/C16H19BrN4O2S2/c1-4-24-16-21-20-15(25-16)19-14(23)12(9(2)3)18-13(22)10-7-5-6-8-11(10)17/h5-9,12H,4H2,1-3H3,(H,18,22)(H,19,20,23)/t12-/m0/s1. The SMILES string of the molecule is CCSc1nnc(NC(=O)[C@@H](NC(=O)c2ccccc2Br)C(C)C)s1. The molecule has 0 aliphatic carbocycles. The van der Waals surface area contributed by atoms with Crippen LogP contribution in [0.5, 0.6) is 0 Å². The molecule has 0 saturated carbocycles. The van der Waals surface area contributed by atoms with Crippen LogP contribution < -0.4 is 10.6 Å². The number of carbonyl (C=O) groups is 2. The molecule has 0 unspecified atom stereocenters. The van der Waals surface area contributed by atoms with E-state index in [1.54, 1.807) is 30.0 Å². The maximum Gasteiger partial charge on any atom is 0.253 e. The maximum atomic E-state index is 12.6. The van der Waals surface area contributed by atoms with Gasteiger partial charge in [0, 0.05) is 4.47 Å². The predicted octanol–water partition coefficient (Wildman–Crippen LogP) is 3.81. The molecule has 0 aliphatic rings. The zero-order chi connectivity index (χ0) is 18.4. The van der Waals surface area contributed by atoms with E-state index in [1.807, 2.05) is 26.8 Å². The number of hydrogen-bond acceptors (Lipinski definition) is 6. The average molecular weight is 443 g/mol. The summed E-state index contributed by atoms with van der Waals surface area (Å²) in [5.74, 6) is 0.198. The molecule has 25 heavy (non-hydrogen) atoms. The van der Waals surface area contributed by atoms with Gasteiger partial charge in [0.2, 0.25) is 11.0 Å². The fourth-order valence-electron chi connectivity index (χ4n) is 2.02. The van der Waals surface area contributed by atoms with Gasteiger partial charge >= 0.3 is 0 Å². The lowest BCUT2D eigenvalue weighted by Gasteiger charge is -2.21. The molecule has 2 rings (SSSR count). The summed E-state index contributed by atoms with van der Waals surface area (Å²) < 4.78 is 1.48. The Labute approximate surface area is 163 Å². The van der Waals surface area contributed by atoms with Crippen LogP contribution in [0, 0.1) is 5.92 Å². The van der Waals surface area contributed by atoms with Crippen molar-refractivity contribution >= 4 is 56.0 Å². The van der Waals surface area contributed by atoms with Gasteiger partial charge in [-0.3, -0.25) is 14.9 Å². The number of carbonyl (C=O) groups excluding carboxylic acids is 2. The fraction of sp³-hybridized carbons (Fsp3) is 0.375. The van der Waals surface area contributed by atoms with E-state index in [2.05, 4.69) is 36.8 Å². The second-order valence-corrected chi connectivity index (χ2v) is 8.81. The molecule has 1 heterocycles. The Bertz CT molecular complexity index is 751. The predicted molar refractivity (Wildman–Crippen MR) is 105 cm³/mol. The van der Waals surface area contributed by atoms with Gasteiger partial charge in [-0.05, 0) is 39.7 Å². The van der Waals surface area contributed by atoms with Crippen LogP contribution in [-0.4, -0.2) is 33.8 Å². The number of nitrogens with one attached hydrogen (secondary N) is 2. The highest BCUT2D eigenvalue weighted by Gasteiger charge is 2.26. The van der Waals surface area contributed by atoms with Crippen LogP contribution in [0.3, 0.4) is 0 Å². The Kier molecular flexibility index (Phi) is 7.39. The molecule has 2 amide bonds. The van der Waals surface area contributed by atoms with Crippen molar-refractivity contribution in [3.63, 3.8) is 0 Å². The van der Waals surface area contributed by atoms with Crippen LogP contribution in [-0.2, 0) is 4.79 Å². The molecule has 0 fully saturated rings. The Morgan fingerprint density at radius 1 is 1.28 bits per heavy atom. The van der Waals surface area contributed by atoms with E-state index < -0.39 is 6.04 Å². The van der Waals surface area contributed by atoms with Crippen molar-refractivity contribution in [2.75, 3.05) is 11.1 Å². The monoisotopic (exact) mass is 442 g/mol. The minimum Gasteiger partial charge on any atom is -0.340 e. The van der Waals surface area contributed by atoms with Crippen LogP contribution in [0.1, 0.15) is 31.1 Å². The van der Waals surface area contributed by atoms with Crippen LogP contribution in [0.25, 0.3) is 0 Å². The Hall–Kier alpha value is -1.45. The van der Waals surface area contributed by atoms with Gasteiger partial charge in [-0.15, -0.1) is 10.2 Å². The third kappa shape index (κ3) is 5.52. The third-order valence-corrected chi connectivity index (χ3v) is 5.80. The lowest BCUT2D eigenvalue weighted by atomic mass is 10.0. The van der Waals surface area contributed by atoms with Crippen molar-refractivity contribution in [1.82, 2.24) is 15.5 Å².